The molecule has 0 unspecified atom stereocenters. The molecular weight excluding hydrogens is 420 g/mol. The summed E-state index contributed by atoms with van der Waals surface area (Å²) in [5, 5.41) is 3.60. The van der Waals surface area contributed by atoms with Crippen molar-refractivity contribution in [2.75, 3.05) is 18.5 Å². The quantitative estimate of drug-likeness (QED) is 0.345. The molecule has 0 saturated carbocycles. The van der Waals surface area contributed by atoms with E-state index in [1.165, 1.54) is 16.9 Å². The highest BCUT2D eigenvalue weighted by molar-refractivity contribution is 7.22. The fraction of sp³-hybridized carbons (Fsp3) is 0.462. The summed E-state index contributed by atoms with van der Waals surface area (Å²) in [4.78, 5) is 17.1. The van der Waals surface area contributed by atoms with E-state index in [-0.39, 0.29) is 11.3 Å². The molecule has 5 nitrogen and oxygen atoms in total. The minimum Gasteiger partial charge on any atom is -0.490 e. The second kappa shape index (κ2) is 10.8. The Hall–Kier alpha value is -2.60. The van der Waals surface area contributed by atoms with Gasteiger partial charge in [0.1, 0.15) is 0 Å². The highest BCUT2D eigenvalue weighted by Gasteiger charge is 2.16. The van der Waals surface area contributed by atoms with Crippen LogP contribution in [0.5, 0.6) is 11.5 Å². The van der Waals surface area contributed by atoms with Gasteiger partial charge in [-0.1, -0.05) is 57.6 Å². The van der Waals surface area contributed by atoms with Gasteiger partial charge in [0, 0.05) is 6.42 Å². The number of aryl methyl sites for hydroxylation is 1. The summed E-state index contributed by atoms with van der Waals surface area (Å²) in [5.41, 5.74) is 3.31. The van der Waals surface area contributed by atoms with Crippen molar-refractivity contribution in [2.24, 2.45) is 0 Å². The van der Waals surface area contributed by atoms with E-state index in [9.17, 15) is 4.79 Å². The van der Waals surface area contributed by atoms with Crippen LogP contribution in [0, 0.1) is 0 Å². The molecule has 0 fully saturated rings. The molecule has 3 rings (SSSR count). The van der Waals surface area contributed by atoms with Gasteiger partial charge in [0.2, 0.25) is 5.91 Å². The number of fused-ring (bicyclic) bond motifs is 1. The van der Waals surface area contributed by atoms with E-state index in [2.05, 4.69) is 50.1 Å². The monoisotopic (exact) mass is 454 g/mol. The number of nitrogens with one attached hydrogen (secondary N) is 1. The van der Waals surface area contributed by atoms with Gasteiger partial charge in [-0.25, -0.2) is 4.98 Å². The Labute approximate surface area is 195 Å². The number of benzene rings is 2. The van der Waals surface area contributed by atoms with E-state index in [4.69, 9.17) is 9.47 Å². The molecule has 0 aliphatic rings. The van der Waals surface area contributed by atoms with E-state index in [1.54, 1.807) is 0 Å². The maximum absolute atomic E-state index is 12.5. The molecule has 0 aliphatic carbocycles. The number of aromatic nitrogens is 1. The highest BCUT2D eigenvalue weighted by atomic mass is 32.1. The summed E-state index contributed by atoms with van der Waals surface area (Å²) in [6, 6.07) is 12.2. The number of thiazole rings is 1. The molecule has 0 saturated heterocycles. The first-order chi connectivity index (χ1) is 15.3. The SMILES string of the molecule is CCCCOc1ccc(CCC(=O)Nc2nc3ccc(C(C)(C)C)cc3s2)cc1OCC. The third-order valence-corrected chi connectivity index (χ3v) is 6.14. The lowest BCUT2D eigenvalue weighted by molar-refractivity contribution is -0.116. The van der Waals surface area contributed by atoms with Gasteiger partial charge in [-0.3, -0.25) is 4.79 Å². The van der Waals surface area contributed by atoms with Crippen molar-refractivity contribution in [3.05, 3.63) is 47.5 Å². The maximum atomic E-state index is 12.5. The standard InChI is InChI=1S/C26H34N2O3S/c1-6-8-15-31-21-13-9-18(16-22(21)30-7-2)10-14-24(29)28-25-27-20-12-11-19(26(3,4)5)17-23(20)32-25/h9,11-13,16-17H,6-8,10,14-15H2,1-5H3,(H,27,28,29). The molecule has 6 heteroatoms. The Balaban J connectivity index is 1.61. The molecule has 172 valence electrons. The summed E-state index contributed by atoms with van der Waals surface area (Å²) in [6.07, 6.45) is 3.10. The number of hydrogen-bond acceptors (Lipinski definition) is 5. The van der Waals surface area contributed by atoms with Gasteiger partial charge in [0.05, 0.1) is 23.4 Å². The number of nitrogens with zero attached hydrogens (tertiary/aromatic N) is 1. The molecule has 0 aliphatic heterocycles. The molecule has 1 amide bonds. The summed E-state index contributed by atoms with van der Waals surface area (Å²) < 4.78 is 12.7. The summed E-state index contributed by atoms with van der Waals surface area (Å²) >= 11 is 1.52. The van der Waals surface area contributed by atoms with Gasteiger partial charge in [-0.05, 0) is 60.6 Å². The van der Waals surface area contributed by atoms with E-state index < -0.39 is 0 Å². The summed E-state index contributed by atoms with van der Waals surface area (Å²) in [6.45, 7) is 11.9. The lowest BCUT2D eigenvalue weighted by atomic mass is 9.87. The minimum absolute atomic E-state index is 0.0404. The van der Waals surface area contributed by atoms with Gasteiger partial charge in [0.15, 0.2) is 16.6 Å². The molecule has 0 bridgehead atoms. The number of ether oxygens (including phenoxy) is 2. The molecule has 2 aromatic carbocycles. The molecule has 32 heavy (non-hydrogen) atoms. The molecule has 0 spiro atoms. The number of carbonyl (C=O) groups excluding carboxylic acids is 1. The molecular formula is C26H34N2O3S. The number of carbonyl (C=O) groups is 1. The Morgan fingerprint density at radius 3 is 2.59 bits per heavy atom. The maximum Gasteiger partial charge on any atom is 0.226 e. The van der Waals surface area contributed by atoms with Crippen LogP contribution in [0.25, 0.3) is 10.2 Å². The van der Waals surface area contributed by atoms with Crippen molar-refractivity contribution in [1.29, 1.82) is 0 Å². The Bertz CT molecular complexity index is 1050. The highest BCUT2D eigenvalue weighted by Crippen LogP contribution is 2.32. The molecule has 0 atom stereocenters. The first-order valence-corrected chi connectivity index (χ1v) is 12.2. The van der Waals surface area contributed by atoms with E-state index in [0.29, 0.717) is 31.2 Å². The Kier molecular flexibility index (Phi) is 8.13. The van der Waals surface area contributed by atoms with Crippen molar-refractivity contribution >= 4 is 32.6 Å². The molecule has 3 aromatic rings. The van der Waals surface area contributed by atoms with Crippen LogP contribution in [0.2, 0.25) is 0 Å². The normalized spacial score (nSPS) is 11.5. The van der Waals surface area contributed by atoms with Crippen molar-refractivity contribution in [3.8, 4) is 11.5 Å². The average molecular weight is 455 g/mol. The number of amides is 1. The predicted molar refractivity (Wildman–Crippen MR) is 133 cm³/mol. The van der Waals surface area contributed by atoms with E-state index in [1.807, 2.05) is 31.2 Å². The van der Waals surface area contributed by atoms with Gasteiger partial charge in [-0.15, -0.1) is 0 Å². The Morgan fingerprint density at radius 1 is 1.06 bits per heavy atom. The van der Waals surface area contributed by atoms with Crippen LogP contribution in [-0.4, -0.2) is 24.1 Å². The summed E-state index contributed by atoms with van der Waals surface area (Å²) in [5.74, 6) is 1.46. The van der Waals surface area contributed by atoms with Gasteiger partial charge >= 0.3 is 0 Å². The first kappa shape index (κ1) is 24.1. The molecule has 1 N–H and O–H groups in total. The van der Waals surface area contributed by atoms with E-state index >= 15 is 0 Å². The predicted octanol–water partition coefficient (Wildman–Crippen LogP) is 6.74. The second-order valence-electron chi connectivity index (χ2n) is 8.92. The first-order valence-electron chi connectivity index (χ1n) is 11.4. The number of hydrogen-bond donors (Lipinski definition) is 1. The lowest BCUT2D eigenvalue weighted by Crippen LogP contribution is -2.12. The largest absolute Gasteiger partial charge is 0.490 e. The van der Waals surface area contributed by atoms with Gasteiger partial charge < -0.3 is 14.8 Å². The third kappa shape index (κ3) is 6.45. The smallest absolute Gasteiger partial charge is 0.226 e. The molecule has 1 aromatic heterocycles. The van der Waals surface area contributed by atoms with Crippen molar-refractivity contribution in [1.82, 2.24) is 4.98 Å². The fourth-order valence-corrected chi connectivity index (χ4v) is 4.23. The van der Waals surface area contributed by atoms with Crippen molar-refractivity contribution in [3.63, 3.8) is 0 Å². The van der Waals surface area contributed by atoms with E-state index in [0.717, 1.165) is 40.1 Å². The van der Waals surface area contributed by atoms with Crippen molar-refractivity contribution < 1.29 is 14.3 Å². The zero-order valence-electron chi connectivity index (χ0n) is 19.8. The topological polar surface area (TPSA) is 60.5 Å². The fourth-order valence-electron chi connectivity index (χ4n) is 3.31. The van der Waals surface area contributed by atoms with Gasteiger partial charge in [0.25, 0.3) is 0 Å². The van der Waals surface area contributed by atoms with Crippen LogP contribution < -0.4 is 14.8 Å². The van der Waals surface area contributed by atoms with Gasteiger partial charge in [-0.2, -0.15) is 0 Å². The number of rotatable bonds is 10. The summed E-state index contributed by atoms with van der Waals surface area (Å²) in [7, 11) is 0. The van der Waals surface area contributed by atoms with Crippen LogP contribution in [0.15, 0.2) is 36.4 Å². The zero-order valence-corrected chi connectivity index (χ0v) is 20.6. The lowest BCUT2D eigenvalue weighted by Gasteiger charge is -2.18. The van der Waals surface area contributed by atoms with Crippen molar-refractivity contribution in [2.45, 2.75) is 65.7 Å². The van der Waals surface area contributed by atoms with Crippen LogP contribution in [0.4, 0.5) is 5.13 Å². The number of unbranched alkanes of at least 4 members (excludes halogenated alkanes) is 1. The Morgan fingerprint density at radius 2 is 1.88 bits per heavy atom. The molecule has 0 radical (unpaired) electrons. The number of anilines is 1. The zero-order chi connectivity index (χ0) is 23.1. The van der Waals surface area contributed by atoms with Crippen LogP contribution >= 0.6 is 11.3 Å². The molecule has 1 heterocycles. The van der Waals surface area contributed by atoms with Crippen LogP contribution in [0.3, 0.4) is 0 Å². The second-order valence-corrected chi connectivity index (χ2v) is 9.95. The average Bonchev–Trinajstić information content (AvgIpc) is 3.14. The van der Waals surface area contributed by atoms with Crippen LogP contribution in [0.1, 0.15) is 65.0 Å². The third-order valence-electron chi connectivity index (χ3n) is 5.20. The minimum atomic E-state index is -0.0404. The van der Waals surface area contributed by atoms with Crippen LogP contribution in [-0.2, 0) is 16.6 Å².